The first-order chi connectivity index (χ1) is 10.3. The van der Waals surface area contributed by atoms with Crippen LogP contribution in [0.2, 0.25) is 0 Å². The molecule has 1 aromatic rings. The summed E-state index contributed by atoms with van der Waals surface area (Å²) in [5.74, 6) is 0.978. The molecule has 1 aliphatic carbocycles. The minimum Gasteiger partial charge on any atom is -0.494 e. The van der Waals surface area contributed by atoms with Crippen LogP contribution in [0, 0.1) is 0 Å². The Hall–Kier alpha value is -1.06. The van der Waals surface area contributed by atoms with Crippen molar-refractivity contribution in [3.63, 3.8) is 0 Å². The van der Waals surface area contributed by atoms with Gasteiger partial charge in [-0.3, -0.25) is 0 Å². The molecule has 0 radical (unpaired) electrons. The second-order valence-electron chi connectivity index (χ2n) is 6.06. The topological polar surface area (TPSA) is 24.5 Å². The standard InChI is InChI=1S/C18H30N2O/c1-3-19-16-10-12-17(13-11-16)20(2)14-7-15-21-18-8-5-4-6-9-18/h4-6,8-9,16-17,19H,3,7,10-15H2,1-2H3. The molecule has 0 aliphatic heterocycles. The van der Waals surface area contributed by atoms with E-state index in [1.165, 1.54) is 25.7 Å². The molecule has 0 atom stereocenters. The van der Waals surface area contributed by atoms with Gasteiger partial charge in [0.05, 0.1) is 6.61 Å². The van der Waals surface area contributed by atoms with Crippen molar-refractivity contribution in [2.45, 2.75) is 51.1 Å². The molecule has 0 amide bonds. The lowest BCUT2D eigenvalue weighted by atomic mass is 9.90. The molecule has 118 valence electrons. The first-order valence-electron chi connectivity index (χ1n) is 8.41. The van der Waals surface area contributed by atoms with Crippen LogP contribution >= 0.6 is 0 Å². The highest BCUT2D eigenvalue weighted by atomic mass is 16.5. The smallest absolute Gasteiger partial charge is 0.119 e. The molecule has 21 heavy (non-hydrogen) atoms. The van der Waals surface area contributed by atoms with Crippen molar-refractivity contribution in [1.29, 1.82) is 0 Å². The molecule has 0 spiro atoms. The normalized spacial score (nSPS) is 22.4. The highest BCUT2D eigenvalue weighted by Crippen LogP contribution is 2.22. The fourth-order valence-electron chi connectivity index (χ4n) is 3.21. The number of hydrogen-bond donors (Lipinski definition) is 1. The molecule has 0 aromatic heterocycles. The van der Waals surface area contributed by atoms with Crippen LogP contribution in [0.15, 0.2) is 30.3 Å². The summed E-state index contributed by atoms with van der Waals surface area (Å²) in [6, 6.07) is 11.6. The molecule has 0 unspecified atom stereocenters. The maximum Gasteiger partial charge on any atom is 0.119 e. The van der Waals surface area contributed by atoms with Crippen molar-refractivity contribution < 1.29 is 4.74 Å². The van der Waals surface area contributed by atoms with Crippen molar-refractivity contribution in [2.24, 2.45) is 0 Å². The number of nitrogens with zero attached hydrogens (tertiary/aromatic N) is 1. The first kappa shape index (κ1) is 16.3. The minimum atomic E-state index is 0.751. The van der Waals surface area contributed by atoms with E-state index in [-0.39, 0.29) is 0 Å². The number of para-hydroxylation sites is 1. The lowest BCUT2D eigenvalue weighted by molar-refractivity contribution is 0.163. The second-order valence-corrected chi connectivity index (χ2v) is 6.06. The summed E-state index contributed by atoms with van der Waals surface area (Å²) in [6.45, 7) is 5.23. The van der Waals surface area contributed by atoms with Crippen LogP contribution in [0.1, 0.15) is 39.0 Å². The summed E-state index contributed by atoms with van der Waals surface area (Å²) in [5.41, 5.74) is 0. The summed E-state index contributed by atoms with van der Waals surface area (Å²) >= 11 is 0. The quantitative estimate of drug-likeness (QED) is 0.743. The Labute approximate surface area is 129 Å². The number of benzene rings is 1. The highest BCUT2D eigenvalue weighted by Gasteiger charge is 2.22. The van der Waals surface area contributed by atoms with Gasteiger partial charge in [-0.15, -0.1) is 0 Å². The summed E-state index contributed by atoms with van der Waals surface area (Å²) in [7, 11) is 2.26. The van der Waals surface area contributed by atoms with Gasteiger partial charge in [0.2, 0.25) is 0 Å². The maximum atomic E-state index is 5.76. The van der Waals surface area contributed by atoms with Crippen molar-refractivity contribution in [3.05, 3.63) is 30.3 Å². The average molecular weight is 290 g/mol. The van der Waals surface area contributed by atoms with Crippen molar-refractivity contribution >= 4 is 0 Å². The lowest BCUT2D eigenvalue weighted by Gasteiger charge is -2.35. The largest absolute Gasteiger partial charge is 0.494 e. The molecule has 3 heteroatoms. The molecule has 0 heterocycles. The molecule has 1 fully saturated rings. The number of ether oxygens (including phenoxy) is 1. The maximum absolute atomic E-state index is 5.76. The van der Waals surface area contributed by atoms with E-state index in [1.807, 2.05) is 30.3 Å². The van der Waals surface area contributed by atoms with Crippen molar-refractivity contribution in [3.8, 4) is 5.75 Å². The molecule has 1 saturated carbocycles. The van der Waals surface area contributed by atoms with E-state index >= 15 is 0 Å². The Bertz CT molecular complexity index is 374. The summed E-state index contributed by atoms with van der Waals surface area (Å²) in [5, 5.41) is 3.58. The first-order valence-corrected chi connectivity index (χ1v) is 8.41. The van der Waals surface area contributed by atoms with E-state index in [0.29, 0.717) is 0 Å². The predicted molar refractivity (Wildman–Crippen MR) is 88.9 cm³/mol. The van der Waals surface area contributed by atoms with Gasteiger partial charge < -0.3 is 15.0 Å². The predicted octanol–water partition coefficient (Wildman–Crippen LogP) is 3.31. The van der Waals surface area contributed by atoms with Crippen LogP contribution in [0.4, 0.5) is 0 Å². The fraction of sp³-hybridized carbons (Fsp3) is 0.667. The van der Waals surface area contributed by atoms with Gasteiger partial charge in [0.1, 0.15) is 5.75 Å². The van der Waals surface area contributed by atoms with Crippen LogP contribution in [0.5, 0.6) is 5.75 Å². The highest BCUT2D eigenvalue weighted by molar-refractivity contribution is 5.20. The number of nitrogens with one attached hydrogen (secondary N) is 1. The number of hydrogen-bond acceptors (Lipinski definition) is 3. The zero-order valence-electron chi connectivity index (χ0n) is 13.6. The van der Waals surface area contributed by atoms with E-state index in [9.17, 15) is 0 Å². The minimum absolute atomic E-state index is 0.751. The Morgan fingerprint density at radius 1 is 1.14 bits per heavy atom. The van der Waals surface area contributed by atoms with E-state index in [4.69, 9.17) is 4.74 Å². The SMILES string of the molecule is CCNC1CCC(N(C)CCCOc2ccccc2)CC1. The second kappa shape index (κ2) is 9.06. The van der Waals surface area contributed by atoms with Gasteiger partial charge in [-0.2, -0.15) is 0 Å². The van der Waals surface area contributed by atoms with Crippen LogP contribution in [-0.4, -0.2) is 43.7 Å². The van der Waals surface area contributed by atoms with Gasteiger partial charge in [-0.1, -0.05) is 25.1 Å². The number of rotatable bonds is 8. The van der Waals surface area contributed by atoms with E-state index in [2.05, 4.69) is 24.2 Å². The molecular formula is C18H30N2O. The molecule has 3 nitrogen and oxygen atoms in total. The van der Waals surface area contributed by atoms with Gasteiger partial charge in [0, 0.05) is 18.6 Å². The summed E-state index contributed by atoms with van der Waals surface area (Å²) in [6.07, 6.45) is 6.40. The molecule has 0 bridgehead atoms. The summed E-state index contributed by atoms with van der Waals surface area (Å²) < 4.78 is 5.76. The molecule has 2 rings (SSSR count). The van der Waals surface area contributed by atoms with Crippen LogP contribution < -0.4 is 10.1 Å². The molecule has 1 aromatic carbocycles. The van der Waals surface area contributed by atoms with Crippen molar-refractivity contribution in [1.82, 2.24) is 10.2 Å². The monoisotopic (exact) mass is 290 g/mol. The molecule has 1 aliphatic rings. The fourth-order valence-corrected chi connectivity index (χ4v) is 3.21. The lowest BCUT2D eigenvalue weighted by Crippen LogP contribution is -2.41. The summed E-state index contributed by atoms with van der Waals surface area (Å²) in [4.78, 5) is 2.52. The van der Waals surface area contributed by atoms with Crippen LogP contribution in [0.3, 0.4) is 0 Å². The zero-order valence-corrected chi connectivity index (χ0v) is 13.6. The van der Waals surface area contributed by atoms with Gasteiger partial charge in [-0.25, -0.2) is 0 Å². The van der Waals surface area contributed by atoms with Gasteiger partial charge in [0.15, 0.2) is 0 Å². The van der Waals surface area contributed by atoms with Gasteiger partial charge >= 0.3 is 0 Å². The Kier molecular flexibility index (Phi) is 7.04. The Morgan fingerprint density at radius 3 is 2.52 bits per heavy atom. The third-order valence-corrected chi connectivity index (χ3v) is 4.48. The molecular weight excluding hydrogens is 260 g/mol. The van der Waals surface area contributed by atoms with E-state index < -0.39 is 0 Å². The van der Waals surface area contributed by atoms with Gasteiger partial charge in [-0.05, 0) is 57.8 Å². The Morgan fingerprint density at radius 2 is 1.86 bits per heavy atom. The van der Waals surface area contributed by atoms with E-state index in [0.717, 1.165) is 44.0 Å². The molecule has 0 saturated heterocycles. The van der Waals surface area contributed by atoms with Crippen LogP contribution in [-0.2, 0) is 0 Å². The van der Waals surface area contributed by atoms with Crippen molar-refractivity contribution in [2.75, 3.05) is 26.7 Å². The van der Waals surface area contributed by atoms with Gasteiger partial charge in [0.25, 0.3) is 0 Å². The Balaban J connectivity index is 1.58. The molecule has 1 N–H and O–H groups in total. The third-order valence-electron chi connectivity index (χ3n) is 4.48. The van der Waals surface area contributed by atoms with E-state index in [1.54, 1.807) is 0 Å². The average Bonchev–Trinajstić information content (AvgIpc) is 2.53. The third kappa shape index (κ3) is 5.68. The zero-order chi connectivity index (χ0) is 14.9. The van der Waals surface area contributed by atoms with Crippen LogP contribution in [0.25, 0.3) is 0 Å².